The highest BCUT2D eigenvalue weighted by Crippen LogP contribution is 2.27. The summed E-state index contributed by atoms with van der Waals surface area (Å²) >= 11 is 0. The number of hydrogen-bond acceptors (Lipinski definition) is 7. The lowest BCUT2D eigenvalue weighted by Gasteiger charge is -2.29. The van der Waals surface area contributed by atoms with Crippen molar-refractivity contribution in [3.05, 3.63) is 63.2 Å². The summed E-state index contributed by atoms with van der Waals surface area (Å²) in [5.74, 6) is -1.41. The van der Waals surface area contributed by atoms with Crippen molar-refractivity contribution in [1.82, 2.24) is 0 Å². The summed E-state index contributed by atoms with van der Waals surface area (Å²) in [5.41, 5.74) is 3.26. The van der Waals surface area contributed by atoms with Gasteiger partial charge in [-0.05, 0) is 61.6 Å². The first kappa shape index (κ1) is 21.8. The van der Waals surface area contributed by atoms with Crippen LogP contribution in [0.1, 0.15) is 34.8 Å². The van der Waals surface area contributed by atoms with Crippen LogP contribution in [0.2, 0.25) is 0 Å². The summed E-state index contributed by atoms with van der Waals surface area (Å²) in [7, 11) is 0. The Morgan fingerprint density at radius 3 is 2.62 bits per heavy atom. The van der Waals surface area contributed by atoms with Crippen LogP contribution < -0.4 is 10.2 Å². The Bertz CT molecular complexity index is 1050. The third-order valence-electron chi connectivity index (χ3n) is 5.79. The van der Waals surface area contributed by atoms with E-state index in [1.165, 1.54) is 30.2 Å². The molecule has 1 unspecified atom stereocenters. The minimum Gasteiger partial charge on any atom is -0.449 e. The summed E-state index contributed by atoms with van der Waals surface area (Å²) in [5, 5.41) is 14.2. The summed E-state index contributed by atoms with van der Waals surface area (Å²) in [4.78, 5) is 38.1. The van der Waals surface area contributed by atoms with Crippen LogP contribution in [0.5, 0.6) is 0 Å². The predicted molar refractivity (Wildman–Crippen MR) is 118 cm³/mol. The van der Waals surface area contributed by atoms with Crippen molar-refractivity contribution in [3.63, 3.8) is 0 Å². The van der Waals surface area contributed by atoms with Gasteiger partial charge in [0, 0.05) is 30.5 Å². The van der Waals surface area contributed by atoms with Crippen molar-refractivity contribution in [2.24, 2.45) is 0 Å². The standard InChI is InChI=1S/C23H25N3O6/c1-15(22(27)24-18-6-5-16-3-2-4-17(16)13-18)32-23(28)20-14-19(7-8-21(20)26(29)30)25-9-11-31-12-10-25/h5-8,13-15H,2-4,9-12H2,1H3,(H,24,27). The fourth-order valence-corrected chi connectivity index (χ4v) is 4.04. The number of rotatable bonds is 6. The number of fused-ring (bicyclic) bond motifs is 1. The average molecular weight is 439 g/mol. The van der Waals surface area contributed by atoms with E-state index in [1.807, 2.05) is 23.1 Å². The molecule has 0 aromatic heterocycles. The highest BCUT2D eigenvalue weighted by molar-refractivity contribution is 5.99. The highest BCUT2D eigenvalue weighted by atomic mass is 16.6. The third-order valence-corrected chi connectivity index (χ3v) is 5.79. The molecule has 1 saturated heterocycles. The predicted octanol–water partition coefficient (Wildman–Crippen LogP) is 3.10. The van der Waals surface area contributed by atoms with Gasteiger partial charge in [-0.3, -0.25) is 14.9 Å². The lowest BCUT2D eigenvalue weighted by atomic mass is 10.1. The SMILES string of the molecule is CC(OC(=O)c1cc(N2CCOCC2)ccc1[N+](=O)[O-])C(=O)Nc1ccc2c(c1)CCC2. The van der Waals surface area contributed by atoms with Crippen LogP contribution in [0.25, 0.3) is 0 Å². The largest absolute Gasteiger partial charge is 0.449 e. The molecule has 1 aliphatic carbocycles. The lowest BCUT2D eigenvalue weighted by molar-refractivity contribution is -0.385. The molecule has 4 rings (SSSR count). The first-order valence-corrected chi connectivity index (χ1v) is 10.7. The molecule has 1 atom stereocenters. The second kappa shape index (κ2) is 9.35. The Labute approximate surface area is 185 Å². The normalized spacial score (nSPS) is 16.2. The quantitative estimate of drug-likeness (QED) is 0.418. The van der Waals surface area contributed by atoms with Gasteiger partial charge in [-0.2, -0.15) is 0 Å². The molecule has 0 saturated carbocycles. The summed E-state index contributed by atoms with van der Waals surface area (Å²) in [6, 6.07) is 10.1. The zero-order valence-corrected chi connectivity index (χ0v) is 17.8. The van der Waals surface area contributed by atoms with Gasteiger partial charge in [0.2, 0.25) is 0 Å². The number of esters is 1. The number of amides is 1. The fourth-order valence-electron chi connectivity index (χ4n) is 4.04. The van der Waals surface area contributed by atoms with Crippen LogP contribution in [0, 0.1) is 10.1 Å². The highest BCUT2D eigenvalue weighted by Gasteiger charge is 2.27. The molecule has 0 bridgehead atoms. The Morgan fingerprint density at radius 1 is 1.12 bits per heavy atom. The van der Waals surface area contributed by atoms with Crippen LogP contribution >= 0.6 is 0 Å². The Hall–Kier alpha value is -3.46. The maximum atomic E-state index is 12.8. The van der Waals surface area contributed by atoms with Gasteiger partial charge >= 0.3 is 5.97 Å². The monoisotopic (exact) mass is 439 g/mol. The Kier molecular flexibility index (Phi) is 6.36. The topological polar surface area (TPSA) is 111 Å². The van der Waals surface area contributed by atoms with Gasteiger partial charge in [-0.15, -0.1) is 0 Å². The smallest absolute Gasteiger partial charge is 0.346 e. The van der Waals surface area contributed by atoms with Crippen LogP contribution in [-0.2, 0) is 27.1 Å². The zero-order valence-electron chi connectivity index (χ0n) is 17.8. The fraction of sp³-hybridized carbons (Fsp3) is 0.391. The molecule has 2 aromatic carbocycles. The molecule has 32 heavy (non-hydrogen) atoms. The number of nitrogens with zero attached hydrogens (tertiary/aromatic N) is 2. The van der Waals surface area contributed by atoms with Gasteiger partial charge in [0.05, 0.1) is 18.1 Å². The van der Waals surface area contributed by atoms with Gasteiger partial charge < -0.3 is 19.7 Å². The van der Waals surface area contributed by atoms with E-state index in [0.717, 1.165) is 19.3 Å². The van der Waals surface area contributed by atoms with Gasteiger partial charge in [0.25, 0.3) is 11.6 Å². The molecule has 0 spiro atoms. The van der Waals surface area contributed by atoms with Crippen LogP contribution in [0.3, 0.4) is 0 Å². The number of hydrogen-bond donors (Lipinski definition) is 1. The molecular weight excluding hydrogens is 414 g/mol. The summed E-state index contributed by atoms with van der Waals surface area (Å²) in [6.07, 6.45) is 2.00. The number of carbonyl (C=O) groups is 2. The maximum absolute atomic E-state index is 12.8. The molecule has 1 fully saturated rings. The number of carbonyl (C=O) groups excluding carboxylic acids is 2. The van der Waals surface area contributed by atoms with Gasteiger partial charge in [-0.25, -0.2) is 4.79 Å². The second-order valence-electron chi connectivity index (χ2n) is 7.93. The van der Waals surface area contributed by atoms with E-state index in [-0.39, 0.29) is 11.3 Å². The second-order valence-corrected chi connectivity index (χ2v) is 7.93. The van der Waals surface area contributed by atoms with Gasteiger partial charge in [-0.1, -0.05) is 6.07 Å². The van der Waals surface area contributed by atoms with Crippen molar-refractivity contribution in [2.45, 2.75) is 32.3 Å². The number of aryl methyl sites for hydroxylation is 2. The molecule has 2 aliphatic rings. The van der Waals surface area contributed by atoms with Crippen molar-refractivity contribution < 1.29 is 24.0 Å². The first-order chi connectivity index (χ1) is 15.4. The number of morpholine rings is 1. The molecule has 9 nitrogen and oxygen atoms in total. The number of ether oxygens (including phenoxy) is 2. The average Bonchev–Trinajstić information content (AvgIpc) is 3.27. The van der Waals surface area contributed by atoms with E-state index >= 15 is 0 Å². The Balaban J connectivity index is 1.46. The van der Waals surface area contributed by atoms with Crippen molar-refractivity contribution in [2.75, 3.05) is 36.5 Å². The summed E-state index contributed by atoms with van der Waals surface area (Å²) in [6.45, 7) is 3.75. The van der Waals surface area contributed by atoms with Crippen molar-refractivity contribution in [3.8, 4) is 0 Å². The molecule has 2 aromatic rings. The van der Waals surface area contributed by atoms with E-state index in [1.54, 1.807) is 6.07 Å². The Morgan fingerprint density at radius 2 is 1.88 bits per heavy atom. The molecular formula is C23H25N3O6. The molecule has 0 radical (unpaired) electrons. The molecule has 9 heteroatoms. The molecule has 1 amide bonds. The number of nitro benzene ring substituents is 1. The van der Waals surface area contributed by atoms with Crippen molar-refractivity contribution in [1.29, 1.82) is 0 Å². The van der Waals surface area contributed by atoms with E-state index in [4.69, 9.17) is 9.47 Å². The van der Waals surface area contributed by atoms with E-state index in [0.29, 0.717) is 37.7 Å². The van der Waals surface area contributed by atoms with Crippen LogP contribution in [-0.4, -0.2) is 49.2 Å². The molecule has 1 heterocycles. The minimum absolute atomic E-state index is 0.184. The zero-order chi connectivity index (χ0) is 22.7. The van der Waals surface area contributed by atoms with E-state index in [9.17, 15) is 19.7 Å². The molecule has 1 aliphatic heterocycles. The molecule has 168 valence electrons. The van der Waals surface area contributed by atoms with E-state index < -0.39 is 22.9 Å². The summed E-state index contributed by atoms with van der Waals surface area (Å²) < 4.78 is 10.6. The number of nitrogens with one attached hydrogen (secondary N) is 1. The van der Waals surface area contributed by atoms with Gasteiger partial charge in [0.15, 0.2) is 6.10 Å². The van der Waals surface area contributed by atoms with Crippen molar-refractivity contribution >= 4 is 28.9 Å². The van der Waals surface area contributed by atoms with Gasteiger partial charge in [0.1, 0.15) is 5.56 Å². The lowest BCUT2D eigenvalue weighted by Crippen LogP contribution is -2.36. The molecule has 1 N–H and O–H groups in total. The van der Waals surface area contributed by atoms with E-state index in [2.05, 4.69) is 5.32 Å². The maximum Gasteiger partial charge on any atom is 0.346 e. The van der Waals surface area contributed by atoms with Crippen LogP contribution in [0.15, 0.2) is 36.4 Å². The minimum atomic E-state index is -1.12. The number of nitro groups is 1. The third kappa shape index (κ3) is 4.72. The van der Waals surface area contributed by atoms with Crippen LogP contribution in [0.4, 0.5) is 17.1 Å². The number of benzene rings is 2. The number of anilines is 2. The first-order valence-electron chi connectivity index (χ1n) is 10.7.